The molecule has 108 valence electrons. The summed E-state index contributed by atoms with van der Waals surface area (Å²) < 4.78 is 10.8. The number of rotatable bonds is 4. The summed E-state index contributed by atoms with van der Waals surface area (Å²) in [6, 6.07) is 15.4. The van der Waals surface area contributed by atoms with Crippen molar-refractivity contribution in [1.82, 2.24) is 5.32 Å². The fraction of sp³-hybridized carbons (Fsp3) is 0.235. The van der Waals surface area contributed by atoms with Crippen LogP contribution < -0.4 is 14.8 Å². The second-order valence-electron chi connectivity index (χ2n) is 4.98. The van der Waals surface area contributed by atoms with Gasteiger partial charge in [0.1, 0.15) is 11.5 Å². The first-order valence-electron chi connectivity index (χ1n) is 6.91. The van der Waals surface area contributed by atoms with Crippen molar-refractivity contribution in [2.45, 2.75) is 19.1 Å². The number of hydrogen-bond acceptors (Lipinski definition) is 3. The largest absolute Gasteiger partial charge is 0.497 e. The predicted molar refractivity (Wildman–Crippen MR) is 79.4 cm³/mol. The molecule has 0 saturated carbocycles. The average Bonchev–Trinajstić information content (AvgIpc) is 2.97. The number of hydrogen-bond donors (Lipinski definition) is 1. The van der Waals surface area contributed by atoms with Crippen LogP contribution in [0.1, 0.15) is 11.1 Å². The van der Waals surface area contributed by atoms with Crippen molar-refractivity contribution in [2.24, 2.45) is 0 Å². The molecule has 1 N–H and O–H groups in total. The van der Waals surface area contributed by atoms with Gasteiger partial charge in [0.15, 0.2) is 6.10 Å². The summed E-state index contributed by atoms with van der Waals surface area (Å²) in [5.74, 6) is 1.53. The topological polar surface area (TPSA) is 47.6 Å². The molecule has 0 bridgehead atoms. The maximum absolute atomic E-state index is 12.1. The fourth-order valence-electron chi connectivity index (χ4n) is 2.37. The Balaban J connectivity index is 1.55. The van der Waals surface area contributed by atoms with E-state index in [0.29, 0.717) is 13.0 Å². The van der Waals surface area contributed by atoms with E-state index in [9.17, 15) is 4.79 Å². The van der Waals surface area contributed by atoms with Crippen molar-refractivity contribution < 1.29 is 14.3 Å². The molecule has 2 aromatic carbocycles. The van der Waals surface area contributed by atoms with Crippen molar-refractivity contribution in [3.05, 3.63) is 59.7 Å². The summed E-state index contributed by atoms with van der Waals surface area (Å²) in [6.07, 6.45) is 0.200. The Bertz CT molecular complexity index is 612. The molecule has 0 fully saturated rings. The van der Waals surface area contributed by atoms with Gasteiger partial charge in [-0.25, -0.2) is 0 Å². The van der Waals surface area contributed by atoms with Crippen LogP contribution >= 0.6 is 0 Å². The van der Waals surface area contributed by atoms with Crippen LogP contribution in [0.2, 0.25) is 0 Å². The third-order valence-corrected chi connectivity index (χ3v) is 3.57. The molecule has 1 aliphatic heterocycles. The fourth-order valence-corrected chi connectivity index (χ4v) is 2.37. The lowest BCUT2D eigenvalue weighted by molar-refractivity contribution is -0.127. The van der Waals surface area contributed by atoms with Gasteiger partial charge >= 0.3 is 0 Å². The Morgan fingerprint density at radius 2 is 2.00 bits per heavy atom. The minimum absolute atomic E-state index is 0.0815. The molecule has 0 saturated heterocycles. The van der Waals surface area contributed by atoms with Crippen molar-refractivity contribution in [3.63, 3.8) is 0 Å². The molecule has 0 radical (unpaired) electrons. The van der Waals surface area contributed by atoms with Gasteiger partial charge in [0, 0.05) is 13.0 Å². The quantitative estimate of drug-likeness (QED) is 0.936. The average molecular weight is 283 g/mol. The van der Waals surface area contributed by atoms with Gasteiger partial charge in [-0.2, -0.15) is 0 Å². The summed E-state index contributed by atoms with van der Waals surface area (Å²) in [5, 5.41) is 2.91. The second-order valence-corrected chi connectivity index (χ2v) is 4.98. The molecular formula is C17H17NO3. The van der Waals surface area contributed by atoms with Crippen molar-refractivity contribution in [1.29, 1.82) is 0 Å². The van der Waals surface area contributed by atoms with Crippen LogP contribution in [-0.4, -0.2) is 19.1 Å². The standard InChI is InChI=1S/C17H17NO3/c1-20-14-8-6-12(7-9-14)11-18-17(19)16-10-13-4-2-3-5-15(13)21-16/h2-9,16H,10-11H2,1H3,(H,18,19)/t16-/m0/s1. The third-order valence-electron chi connectivity index (χ3n) is 3.57. The van der Waals surface area contributed by atoms with E-state index >= 15 is 0 Å². The normalized spacial score (nSPS) is 16.0. The molecule has 0 aliphatic carbocycles. The number of carbonyl (C=O) groups is 1. The molecule has 4 heteroatoms. The highest BCUT2D eigenvalue weighted by Crippen LogP contribution is 2.28. The van der Waals surface area contributed by atoms with Crippen LogP contribution in [-0.2, 0) is 17.8 Å². The zero-order valence-corrected chi connectivity index (χ0v) is 11.8. The minimum Gasteiger partial charge on any atom is -0.497 e. The molecule has 0 spiro atoms. The van der Waals surface area contributed by atoms with Crippen LogP contribution in [0.25, 0.3) is 0 Å². The first kappa shape index (κ1) is 13.5. The highest BCUT2D eigenvalue weighted by atomic mass is 16.5. The van der Waals surface area contributed by atoms with Gasteiger partial charge in [-0.1, -0.05) is 30.3 Å². The van der Waals surface area contributed by atoms with Crippen molar-refractivity contribution in [2.75, 3.05) is 7.11 Å². The number of amides is 1. The molecule has 4 nitrogen and oxygen atoms in total. The molecule has 1 amide bonds. The molecule has 1 atom stereocenters. The lowest BCUT2D eigenvalue weighted by Crippen LogP contribution is -2.36. The number of benzene rings is 2. The Morgan fingerprint density at radius 1 is 1.24 bits per heavy atom. The zero-order valence-electron chi connectivity index (χ0n) is 11.8. The lowest BCUT2D eigenvalue weighted by Gasteiger charge is -2.11. The second kappa shape index (κ2) is 5.87. The van der Waals surface area contributed by atoms with Gasteiger partial charge in [-0.05, 0) is 29.3 Å². The highest BCUT2D eigenvalue weighted by Gasteiger charge is 2.28. The zero-order chi connectivity index (χ0) is 14.7. The molecular weight excluding hydrogens is 266 g/mol. The van der Waals surface area contributed by atoms with Crippen LogP contribution in [0.15, 0.2) is 48.5 Å². The Morgan fingerprint density at radius 3 is 2.71 bits per heavy atom. The smallest absolute Gasteiger partial charge is 0.261 e. The van der Waals surface area contributed by atoms with Gasteiger partial charge in [0.25, 0.3) is 5.91 Å². The number of methoxy groups -OCH3 is 1. The van der Waals surface area contributed by atoms with Crippen molar-refractivity contribution >= 4 is 5.91 Å². The summed E-state index contributed by atoms with van der Waals surface area (Å²) >= 11 is 0. The van der Waals surface area contributed by atoms with E-state index in [1.165, 1.54) is 0 Å². The van der Waals surface area contributed by atoms with Crippen molar-refractivity contribution in [3.8, 4) is 11.5 Å². The van der Waals surface area contributed by atoms with Crippen LogP contribution in [0.4, 0.5) is 0 Å². The maximum atomic E-state index is 12.1. The molecule has 2 aromatic rings. The molecule has 0 unspecified atom stereocenters. The number of carbonyl (C=O) groups excluding carboxylic acids is 1. The summed E-state index contributed by atoms with van der Waals surface area (Å²) in [7, 11) is 1.63. The summed E-state index contributed by atoms with van der Waals surface area (Å²) in [4.78, 5) is 12.1. The van der Waals surface area contributed by atoms with E-state index in [0.717, 1.165) is 22.6 Å². The Hall–Kier alpha value is -2.49. The van der Waals surface area contributed by atoms with E-state index < -0.39 is 6.10 Å². The molecule has 1 heterocycles. The summed E-state index contributed by atoms with van der Waals surface area (Å²) in [5.41, 5.74) is 2.11. The number of ether oxygens (including phenoxy) is 2. The van der Waals surface area contributed by atoms with Crippen LogP contribution in [0.5, 0.6) is 11.5 Å². The highest BCUT2D eigenvalue weighted by molar-refractivity contribution is 5.82. The SMILES string of the molecule is COc1ccc(CNC(=O)[C@@H]2Cc3ccccc3O2)cc1. The van der Waals surface area contributed by atoms with E-state index in [4.69, 9.17) is 9.47 Å². The Kier molecular flexibility index (Phi) is 3.77. The van der Waals surface area contributed by atoms with Gasteiger partial charge in [0.2, 0.25) is 0 Å². The summed E-state index contributed by atoms with van der Waals surface area (Å²) in [6.45, 7) is 0.485. The van der Waals surface area contributed by atoms with E-state index in [2.05, 4.69) is 5.32 Å². The van der Waals surface area contributed by atoms with E-state index in [1.807, 2.05) is 48.5 Å². The van der Waals surface area contributed by atoms with Crippen LogP contribution in [0, 0.1) is 0 Å². The van der Waals surface area contributed by atoms with Crippen LogP contribution in [0.3, 0.4) is 0 Å². The lowest BCUT2D eigenvalue weighted by atomic mass is 10.1. The van der Waals surface area contributed by atoms with Gasteiger partial charge < -0.3 is 14.8 Å². The molecule has 3 rings (SSSR count). The molecule has 0 aromatic heterocycles. The Labute approximate surface area is 123 Å². The van der Waals surface area contributed by atoms with Gasteiger partial charge in [0.05, 0.1) is 7.11 Å². The van der Waals surface area contributed by atoms with E-state index in [1.54, 1.807) is 7.11 Å². The monoisotopic (exact) mass is 283 g/mol. The third kappa shape index (κ3) is 2.99. The maximum Gasteiger partial charge on any atom is 0.261 e. The van der Waals surface area contributed by atoms with Gasteiger partial charge in [-0.15, -0.1) is 0 Å². The van der Waals surface area contributed by atoms with E-state index in [-0.39, 0.29) is 5.91 Å². The molecule has 1 aliphatic rings. The molecule has 21 heavy (non-hydrogen) atoms. The number of nitrogens with one attached hydrogen (secondary N) is 1. The number of fused-ring (bicyclic) bond motifs is 1. The van der Waals surface area contributed by atoms with Gasteiger partial charge in [-0.3, -0.25) is 4.79 Å². The first-order valence-corrected chi connectivity index (χ1v) is 6.91. The number of para-hydroxylation sites is 1. The predicted octanol–water partition coefficient (Wildman–Crippen LogP) is 2.32. The minimum atomic E-state index is -0.430. The first-order chi connectivity index (χ1) is 10.3.